The second kappa shape index (κ2) is 5.91. The van der Waals surface area contributed by atoms with E-state index in [1.807, 2.05) is 6.92 Å². The van der Waals surface area contributed by atoms with Crippen LogP contribution in [0.2, 0.25) is 0 Å². The van der Waals surface area contributed by atoms with E-state index >= 15 is 0 Å². The van der Waals surface area contributed by atoms with Gasteiger partial charge in [0.15, 0.2) is 0 Å². The van der Waals surface area contributed by atoms with E-state index in [-0.39, 0.29) is 5.97 Å². The number of methoxy groups -OCH3 is 1. The molecule has 1 aromatic heterocycles. The molecule has 1 atom stereocenters. The topological polar surface area (TPSA) is 64.4 Å². The van der Waals surface area contributed by atoms with Crippen molar-refractivity contribution in [3.8, 4) is 0 Å². The number of nitrogens with one attached hydrogen (secondary N) is 1. The maximum atomic E-state index is 11.6. The lowest BCUT2D eigenvalue weighted by Gasteiger charge is -2.26. The smallest absolute Gasteiger partial charge is 0.326 e. The molecule has 1 rings (SSSR count). The van der Waals surface area contributed by atoms with Gasteiger partial charge in [-0.25, -0.2) is 4.98 Å². The van der Waals surface area contributed by atoms with Crippen LogP contribution in [0, 0.1) is 0 Å². The molecule has 0 aliphatic heterocycles. The fourth-order valence-corrected chi connectivity index (χ4v) is 2.18. The number of hydrogen-bond acceptors (Lipinski definition) is 6. The molecular formula is C10H16N2O3S. The Balaban J connectivity index is 2.60. The summed E-state index contributed by atoms with van der Waals surface area (Å²) in [5.74, 6) is 0.224. The van der Waals surface area contributed by atoms with E-state index < -0.39 is 5.54 Å². The Morgan fingerprint density at radius 2 is 2.50 bits per heavy atom. The minimum atomic E-state index is -0.720. The Kier molecular flexibility index (Phi) is 4.82. The van der Waals surface area contributed by atoms with Crippen molar-refractivity contribution in [3.63, 3.8) is 0 Å². The molecule has 0 fully saturated rings. The highest BCUT2D eigenvalue weighted by atomic mass is 32.2. The van der Waals surface area contributed by atoms with Crippen molar-refractivity contribution in [1.29, 1.82) is 0 Å². The highest BCUT2D eigenvalue weighted by molar-refractivity contribution is 7.99. The highest BCUT2D eigenvalue weighted by Crippen LogP contribution is 2.21. The number of thioether (sulfide) groups is 1. The molecule has 0 saturated carbocycles. The van der Waals surface area contributed by atoms with E-state index in [0.717, 1.165) is 0 Å². The van der Waals surface area contributed by atoms with Gasteiger partial charge in [0.25, 0.3) is 5.22 Å². The van der Waals surface area contributed by atoms with Gasteiger partial charge in [0.2, 0.25) is 0 Å². The van der Waals surface area contributed by atoms with Gasteiger partial charge in [-0.2, -0.15) is 0 Å². The number of hydrogen-bond donors (Lipinski definition) is 1. The number of ether oxygens (including phenoxy) is 1. The van der Waals surface area contributed by atoms with Gasteiger partial charge in [-0.1, -0.05) is 18.7 Å². The fraction of sp³-hybridized carbons (Fsp3) is 0.600. The summed E-state index contributed by atoms with van der Waals surface area (Å²) in [6, 6.07) is 0. The Morgan fingerprint density at radius 1 is 1.75 bits per heavy atom. The minimum absolute atomic E-state index is 0.284. The van der Waals surface area contributed by atoms with E-state index in [1.165, 1.54) is 25.1 Å². The van der Waals surface area contributed by atoms with Gasteiger partial charge in [0.1, 0.15) is 11.8 Å². The predicted octanol–water partition coefficient (Wildman–Crippen LogP) is 1.31. The van der Waals surface area contributed by atoms with Gasteiger partial charge in [-0.3, -0.25) is 4.79 Å². The standard InChI is InChI=1S/C10H16N2O3S/c1-4-12-10(2,8(13)14-3)7-16-9-11-5-6-15-9/h5-6,12H,4,7H2,1-3H3. The van der Waals surface area contributed by atoms with Gasteiger partial charge < -0.3 is 14.5 Å². The summed E-state index contributed by atoms with van der Waals surface area (Å²) in [6.07, 6.45) is 3.08. The first kappa shape index (κ1) is 13.1. The second-order valence-electron chi connectivity index (χ2n) is 3.44. The lowest BCUT2D eigenvalue weighted by atomic mass is 10.1. The number of nitrogens with zero attached hydrogens (tertiary/aromatic N) is 1. The predicted molar refractivity (Wildman–Crippen MR) is 61.3 cm³/mol. The van der Waals surface area contributed by atoms with Crippen molar-refractivity contribution >= 4 is 17.7 Å². The van der Waals surface area contributed by atoms with E-state index in [1.54, 1.807) is 13.1 Å². The molecule has 0 radical (unpaired) electrons. The summed E-state index contributed by atoms with van der Waals surface area (Å²) in [6.45, 7) is 4.44. The van der Waals surface area contributed by atoms with Crippen LogP contribution >= 0.6 is 11.8 Å². The molecule has 16 heavy (non-hydrogen) atoms. The number of esters is 1. The number of carbonyl (C=O) groups excluding carboxylic acids is 1. The van der Waals surface area contributed by atoms with E-state index in [0.29, 0.717) is 17.5 Å². The van der Waals surface area contributed by atoms with Crippen molar-refractivity contribution in [2.75, 3.05) is 19.4 Å². The largest absolute Gasteiger partial charge is 0.468 e. The third kappa shape index (κ3) is 3.24. The van der Waals surface area contributed by atoms with Gasteiger partial charge >= 0.3 is 5.97 Å². The van der Waals surface area contributed by atoms with Crippen molar-refractivity contribution in [1.82, 2.24) is 10.3 Å². The first-order chi connectivity index (χ1) is 7.62. The fourth-order valence-electron chi connectivity index (χ4n) is 1.29. The summed E-state index contributed by atoms with van der Waals surface area (Å²) in [5.41, 5.74) is -0.720. The van der Waals surface area contributed by atoms with Gasteiger partial charge in [0.05, 0.1) is 13.3 Å². The van der Waals surface area contributed by atoms with Crippen LogP contribution < -0.4 is 5.32 Å². The third-order valence-electron chi connectivity index (χ3n) is 2.10. The van der Waals surface area contributed by atoms with Crippen LogP contribution in [0.1, 0.15) is 13.8 Å². The molecule has 0 saturated heterocycles. The third-order valence-corrected chi connectivity index (χ3v) is 3.27. The Morgan fingerprint density at radius 3 is 3.00 bits per heavy atom. The Labute approximate surface area is 98.9 Å². The summed E-state index contributed by atoms with van der Waals surface area (Å²) in [7, 11) is 1.38. The van der Waals surface area contributed by atoms with Crippen LogP contribution in [0.5, 0.6) is 0 Å². The number of oxazole rings is 1. The number of likely N-dealkylation sites (N-methyl/N-ethyl adjacent to an activating group) is 1. The van der Waals surface area contributed by atoms with Crippen LogP contribution in [0.15, 0.2) is 22.1 Å². The van der Waals surface area contributed by atoms with E-state index in [9.17, 15) is 4.79 Å². The molecule has 1 unspecified atom stereocenters. The molecule has 0 spiro atoms. The van der Waals surface area contributed by atoms with Crippen molar-refractivity contribution < 1.29 is 13.9 Å². The molecule has 90 valence electrons. The lowest BCUT2D eigenvalue weighted by molar-refractivity contribution is -0.146. The van der Waals surface area contributed by atoms with Crippen LogP contribution in [-0.2, 0) is 9.53 Å². The Bertz CT molecular complexity index is 329. The average Bonchev–Trinajstić information content (AvgIpc) is 2.78. The maximum Gasteiger partial charge on any atom is 0.326 e. The molecule has 1 heterocycles. The zero-order chi connectivity index (χ0) is 12.0. The van der Waals surface area contributed by atoms with Crippen molar-refractivity contribution in [3.05, 3.63) is 12.5 Å². The first-order valence-electron chi connectivity index (χ1n) is 4.98. The zero-order valence-electron chi connectivity index (χ0n) is 9.65. The average molecular weight is 244 g/mol. The van der Waals surface area contributed by atoms with E-state index in [2.05, 4.69) is 10.3 Å². The number of aromatic nitrogens is 1. The molecule has 5 nitrogen and oxygen atoms in total. The molecule has 1 N–H and O–H groups in total. The van der Waals surface area contributed by atoms with Crippen LogP contribution in [-0.4, -0.2) is 35.9 Å². The second-order valence-corrected chi connectivity index (χ2v) is 4.37. The first-order valence-corrected chi connectivity index (χ1v) is 5.96. The summed E-state index contributed by atoms with van der Waals surface area (Å²) < 4.78 is 9.86. The van der Waals surface area contributed by atoms with Crippen molar-refractivity contribution in [2.24, 2.45) is 0 Å². The lowest BCUT2D eigenvalue weighted by Crippen LogP contribution is -2.52. The van der Waals surface area contributed by atoms with Gasteiger partial charge in [-0.05, 0) is 13.5 Å². The summed E-state index contributed by atoms with van der Waals surface area (Å²) >= 11 is 1.38. The van der Waals surface area contributed by atoms with Crippen LogP contribution in [0.25, 0.3) is 0 Å². The summed E-state index contributed by atoms with van der Waals surface area (Å²) in [4.78, 5) is 15.6. The van der Waals surface area contributed by atoms with Gasteiger partial charge in [0, 0.05) is 5.75 Å². The SMILES string of the molecule is CCNC(C)(CSc1ncco1)C(=O)OC. The van der Waals surface area contributed by atoms with Crippen LogP contribution in [0.3, 0.4) is 0 Å². The summed E-state index contributed by atoms with van der Waals surface area (Å²) in [5, 5.41) is 3.66. The molecular weight excluding hydrogens is 228 g/mol. The molecule has 0 aliphatic carbocycles. The zero-order valence-corrected chi connectivity index (χ0v) is 10.5. The molecule has 0 bridgehead atoms. The highest BCUT2D eigenvalue weighted by Gasteiger charge is 2.33. The van der Waals surface area contributed by atoms with Gasteiger partial charge in [-0.15, -0.1) is 0 Å². The van der Waals surface area contributed by atoms with Crippen molar-refractivity contribution in [2.45, 2.75) is 24.6 Å². The molecule has 0 aromatic carbocycles. The number of rotatable bonds is 6. The quantitative estimate of drug-likeness (QED) is 0.601. The molecule has 1 aromatic rings. The minimum Gasteiger partial charge on any atom is -0.468 e. The molecule has 6 heteroatoms. The van der Waals surface area contributed by atoms with E-state index in [4.69, 9.17) is 9.15 Å². The maximum absolute atomic E-state index is 11.6. The van der Waals surface area contributed by atoms with Crippen LogP contribution in [0.4, 0.5) is 0 Å². The molecule has 0 aliphatic rings. The number of carbonyl (C=O) groups is 1. The Hall–Kier alpha value is -1.01. The monoisotopic (exact) mass is 244 g/mol. The normalized spacial score (nSPS) is 14.4. The molecule has 0 amide bonds.